The van der Waals surface area contributed by atoms with Gasteiger partial charge >= 0.3 is 5.97 Å². The molecule has 8 nitrogen and oxygen atoms in total. The Morgan fingerprint density at radius 1 is 1.03 bits per heavy atom. The first-order valence-corrected chi connectivity index (χ1v) is 12.7. The molecule has 0 aliphatic carbocycles. The number of esters is 1. The van der Waals surface area contributed by atoms with Gasteiger partial charge in [0.15, 0.2) is 5.65 Å². The van der Waals surface area contributed by atoms with Gasteiger partial charge in [0.25, 0.3) is 5.91 Å². The van der Waals surface area contributed by atoms with Crippen molar-refractivity contribution in [2.24, 2.45) is 0 Å². The molecule has 1 N–H and O–H groups in total. The maximum atomic E-state index is 13.8. The summed E-state index contributed by atoms with van der Waals surface area (Å²) in [4.78, 5) is 32.7. The van der Waals surface area contributed by atoms with Crippen LogP contribution >= 0.6 is 0 Å². The van der Waals surface area contributed by atoms with E-state index in [1.807, 2.05) is 43.0 Å². The third kappa shape index (κ3) is 4.91. The Morgan fingerprint density at radius 3 is 2.51 bits per heavy atom. The van der Waals surface area contributed by atoms with E-state index in [0.29, 0.717) is 36.0 Å². The van der Waals surface area contributed by atoms with E-state index < -0.39 is 5.97 Å². The fourth-order valence-corrected chi connectivity index (χ4v) is 4.87. The molecule has 1 saturated heterocycles. The summed E-state index contributed by atoms with van der Waals surface area (Å²) >= 11 is 0. The number of fused-ring (bicyclic) bond motifs is 1. The molecule has 0 saturated carbocycles. The number of hydrogen-bond acceptors (Lipinski definition) is 6. The van der Waals surface area contributed by atoms with Gasteiger partial charge in [-0.3, -0.25) is 4.79 Å². The summed E-state index contributed by atoms with van der Waals surface area (Å²) < 4.78 is 6.70. The van der Waals surface area contributed by atoms with Gasteiger partial charge < -0.3 is 15.0 Å². The Morgan fingerprint density at radius 2 is 1.78 bits per heavy atom. The van der Waals surface area contributed by atoms with Crippen molar-refractivity contribution in [3.8, 4) is 0 Å². The number of aromatic nitrogens is 3. The van der Waals surface area contributed by atoms with E-state index >= 15 is 0 Å². The third-order valence-corrected chi connectivity index (χ3v) is 6.95. The highest BCUT2D eigenvalue weighted by Crippen LogP contribution is 2.31. The van der Waals surface area contributed by atoms with Crippen molar-refractivity contribution >= 4 is 29.0 Å². The normalized spacial score (nSPS) is 14.1. The minimum atomic E-state index is -0.496. The highest BCUT2D eigenvalue weighted by molar-refractivity contribution is 6.01. The molecule has 0 spiro atoms. The molecular weight excluding hydrogens is 466 g/mol. The third-order valence-electron chi connectivity index (χ3n) is 6.95. The van der Waals surface area contributed by atoms with E-state index in [1.165, 1.54) is 16.3 Å². The SMILES string of the molecule is CCOC(=O)c1cnn2c(Nc3cc(C)ccc3C)c(C(=O)N3CCC(c4ccccc4)CC3)cnc12. The molecule has 2 aromatic carbocycles. The van der Waals surface area contributed by atoms with Gasteiger partial charge in [-0.1, -0.05) is 42.5 Å². The van der Waals surface area contributed by atoms with Crippen molar-refractivity contribution in [1.82, 2.24) is 19.5 Å². The molecule has 0 unspecified atom stereocenters. The molecule has 1 aliphatic heterocycles. The monoisotopic (exact) mass is 497 g/mol. The van der Waals surface area contributed by atoms with Gasteiger partial charge in [-0.2, -0.15) is 9.61 Å². The molecule has 8 heteroatoms. The lowest BCUT2D eigenvalue weighted by molar-refractivity contribution is 0.0528. The molecule has 4 aromatic rings. The summed E-state index contributed by atoms with van der Waals surface area (Å²) in [6.07, 6.45) is 4.78. The van der Waals surface area contributed by atoms with Gasteiger partial charge in [-0.05, 0) is 62.3 Å². The first kappa shape index (κ1) is 24.5. The number of nitrogens with zero attached hydrogens (tertiary/aromatic N) is 4. The summed E-state index contributed by atoms with van der Waals surface area (Å²) in [6.45, 7) is 7.34. The zero-order chi connectivity index (χ0) is 25.9. The Labute approximate surface area is 216 Å². The highest BCUT2D eigenvalue weighted by atomic mass is 16.5. The second-order valence-electron chi connectivity index (χ2n) is 9.46. The molecule has 0 bridgehead atoms. The first-order chi connectivity index (χ1) is 18.0. The Hall–Kier alpha value is -4.20. The lowest BCUT2D eigenvalue weighted by Crippen LogP contribution is -2.38. The molecule has 0 radical (unpaired) electrons. The van der Waals surface area contributed by atoms with Crippen molar-refractivity contribution in [3.05, 3.63) is 88.7 Å². The van der Waals surface area contributed by atoms with Crippen LogP contribution in [0.4, 0.5) is 11.5 Å². The van der Waals surface area contributed by atoms with E-state index in [4.69, 9.17) is 4.74 Å². The number of anilines is 2. The maximum absolute atomic E-state index is 13.8. The molecule has 0 atom stereocenters. The van der Waals surface area contributed by atoms with Crippen LogP contribution in [0, 0.1) is 13.8 Å². The lowest BCUT2D eigenvalue weighted by atomic mass is 9.89. The molecule has 190 valence electrons. The van der Waals surface area contributed by atoms with Gasteiger partial charge in [0.05, 0.1) is 12.8 Å². The summed E-state index contributed by atoms with van der Waals surface area (Å²) in [7, 11) is 0. The lowest BCUT2D eigenvalue weighted by Gasteiger charge is -2.32. The predicted molar refractivity (Wildman–Crippen MR) is 142 cm³/mol. The Bertz CT molecular complexity index is 1440. The van der Waals surface area contributed by atoms with E-state index in [0.717, 1.165) is 29.7 Å². The zero-order valence-electron chi connectivity index (χ0n) is 21.4. The molecule has 1 aliphatic rings. The molecule has 37 heavy (non-hydrogen) atoms. The van der Waals surface area contributed by atoms with Crippen LogP contribution in [-0.4, -0.2) is 51.1 Å². The minimum absolute atomic E-state index is 0.109. The van der Waals surface area contributed by atoms with Crippen molar-refractivity contribution < 1.29 is 14.3 Å². The van der Waals surface area contributed by atoms with Gasteiger partial charge in [0, 0.05) is 25.0 Å². The zero-order valence-corrected chi connectivity index (χ0v) is 21.4. The van der Waals surface area contributed by atoms with Crippen LogP contribution in [0.3, 0.4) is 0 Å². The van der Waals surface area contributed by atoms with Gasteiger partial charge in [-0.25, -0.2) is 9.78 Å². The van der Waals surface area contributed by atoms with Crippen LogP contribution in [0.15, 0.2) is 60.9 Å². The summed E-state index contributed by atoms with van der Waals surface area (Å²) in [5.74, 6) is 0.313. The van der Waals surface area contributed by atoms with E-state index in [1.54, 1.807) is 13.1 Å². The second-order valence-corrected chi connectivity index (χ2v) is 9.46. The molecule has 5 rings (SSSR count). The first-order valence-electron chi connectivity index (χ1n) is 12.7. The number of benzene rings is 2. The van der Waals surface area contributed by atoms with Crippen molar-refractivity contribution in [1.29, 1.82) is 0 Å². The van der Waals surface area contributed by atoms with Crippen LogP contribution in [0.1, 0.15) is 63.1 Å². The van der Waals surface area contributed by atoms with Crippen LogP contribution in [0.5, 0.6) is 0 Å². The fraction of sp³-hybridized carbons (Fsp3) is 0.310. The average Bonchev–Trinajstić information content (AvgIpc) is 3.36. The summed E-state index contributed by atoms with van der Waals surface area (Å²) in [5.41, 5.74) is 5.29. The highest BCUT2D eigenvalue weighted by Gasteiger charge is 2.28. The summed E-state index contributed by atoms with van der Waals surface area (Å²) in [6, 6.07) is 16.6. The largest absolute Gasteiger partial charge is 0.462 e. The van der Waals surface area contributed by atoms with Crippen LogP contribution in [0.25, 0.3) is 5.65 Å². The number of carbonyl (C=O) groups excluding carboxylic acids is 2. The quantitative estimate of drug-likeness (QED) is 0.364. The van der Waals surface area contributed by atoms with Gasteiger partial charge in [0.1, 0.15) is 16.9 Å². The van der Waals surface area contributed by atoms with Crippen molar-refractivity contribution in [2.75, 3.05) is 25.0 Å². The van der Waals surface area contributed by atoms with Gasteiger partial charge in [0.2, 0.25) is 0 Å². The average molecular weight is 498 g/mol. The van der Waals surface area contributed by atoms with Crippen molar-refractivity contribution in [2.45, 2.75) is 39.5 Å². The van der Waals surface area contributed by atoms with Crippen LogP contribution in [0.2, 0.25) is 0 Å². The molecule has 1 amide bonds. The Balaban J connectivity index is 1.50. The number of amides is 1. The number of hydrogen-bond donors (Lipinski definition) is 1. The number of nitrogens with one attached hydrogen (secondary N) is 1. The second kappa shape index (κ2) is 10.4. The number of carbonyl (C=O) groups is 2. The number of aryl methyl sites for hydroxylation is 2. The number of piperidine rings is 1. The molecule has 3 heterocycles. The summed E-state index contributed by atoms with van der Waals surface area (Å²) in [5, 5.41) is 7.85. The molecule has 2 aromatic heterocycles. The maximum Gasteiger partial charge on any atom is 0.343 e. The van der Waals surface area contributed by atoms with Crippen LogP contribution < -0.4 is 5.32 Å². The topological polar surface area (TPSA) is 88.8 Å². The molecule has 1 fully saturated rings. The van der Waals surface area contributed by atoms with Crippen LogP contribution in [-0.2, 0) is 4.74 Å². The number of likely N-dealkylation sites (tertiary alicyclic amines) is 1. The number of rotatable bonds is 6. The predicted octanol–water partition coefficient (Wildman–Crippen LogP) is 5.29. The number of ether oxygens (including phenoxy) is 1. The minimum Gasteiger partial charge on any atom is -0.462 e. The van der Waals surface area contributed by atoms with E-state index in [-0.39, 0.29) is 18.1 Å². The van der Waals surface area contributed by atoms with Gasteiger partial charge in [-0.15, -0.1) is 0 Å². The fourth-order valence-electron chi connectivity index (χ4n) is 4.87. The van der Waals surface area contributed by atoms with Crippen molar-refractivity contribution in [3.63, 3.8) is 0 Å². The Kier molecular flexibility index (Phi) is 6.90. The molecular formula is C29H31N5O3. The van der Waals surface area contributed by atoms with E-state index in [9.17, 15) is 9.59 Å². The van der Waals surface area contributed by atoms with E-state index in [2.05, 4.69) is 39.7 Å². The standard InChI is InChI=1S/C29H31N5O3/c1-4-37-29(36)24-18-31-34-26(24)30-17-23(27(34)32-25-16-19(2)10-11-20(25)3)28(35)33-14-12-22(13-15-33)21-8-6-5-7-9-21/h5-11,16-18,22,32H,4,12-15H2,1-3H3. The smallest absolute Gasteiger partial charge is 0.343 e.